The summed E-state index contributed by atoms with van der Waals surface area (Å²) in [6.45, 7) is 3.51. The van der Waals surface area contributed by atoms with Gasteiger partial charge in [0, 0.05) is 6.54 Å². The van der Waals surface area contributed by atoms with E-state index in [0.717, 1.165) is 18.0 Å². The van der Waals surface area contributed by atoms with Crippen molar-refractivity contribution in [3.63, 3.8) is 0 Å². The zero-order valence-corrected chi connectivity index (χ0v) is 10.2. The minimum Gasteiger partial charge on any atom is -0.491 e. The third-order valence-corrected chi connectivity index (χ3v) is 2.94. The van der Waals surface area contributed by atoms with Crippen LogP contribution in [0.5, 0.6) is 5.75 Å². The fourth-order valence-electron chi connectivity index (χ4n) is 1.97. The van der Waals surface area contributed by atoms with Gasteiger partial charge in [0.1, 0.15) is 5.75 Å². The molecular formula is C13H18N2O2. The molecule has 0 spiro atoms. The van der Waals surface area contributed by atoms with E-state index in [0.29, 0.717) is 18.9 Å². The molecule has 0 fully saturated rings. The van der Waals surface area contributed by atoms with E-state index < -0.39 is 0 Å². The second kappa shape index (κ2) is 5.19. The Hall–Kier alpha value is -1.55. The monoisotopic (exact) mass is 234 g/mol. The van der Waals surface area contributed by atoms with Gasteiger partial charge in [-0.25, -0.2) is 0 Å². The zero-order valence-electron chi connectivity index (χ0n) is 10.2. The average Bonchev–Trinajstić information content (AvgIpc) is 2.49. The van der Waals surface area contributed by atoms with Crippen molar-refractivity contribution in [1.29, 1.82) is 0 Å². The highest BCUT2D eigenvalue weighted by atomic mass is 16.5. The van der Waals surface area contributed by atoms with Gasteiger partial charge >= 0.3 is 0 Å². The van der Waals surface area contributed by atoms with Gasteiger partial charge in [-0.1, -0.05) is 13.0 Å². The Kier molecular flexibility index (Phi) is 3.64. The van der Waals surface area contributed by atoms with Crippen molar-refractivity contribution >= 4 is 11.6 Å². The molecule has 2 N–H and O–H groups in total. The minimum atomic E-state index is 0.0159. The molecule has 2 rings (SSSR count). The van der Waals surface area contributed by atoms with E-state index in [1.807, 2.05) is 19.2 Å². The van der Waals surface area contributed by atoms with Gasteiger partial charge in [0.2, 0.25) is 5.91 Å². The SMILES string of the molecule is CNCC(C)c1ccc2c(c1)NC(=O)CCO2. The molecule has 0 radical (unpaired) electrons. The Morgan fingerprint density at radius 3 is 3.12 bits per heavy atom. The van der Waals surface area contributed by atoms with E-state index in [2.05, 4.69) is 23.6 Å². The van der Waals surface area contributed by atoms with Crippen molar-refractivity contribution in [3.8, 4) is 5.75 Å². The van der Waals surface area contributed by atoms with Crippen LogP contribution in [0.1, 0.15) is 24.8 Å². The fraction of sp³-hybridized carbons (Fsp3) is 0.462. The molecular weight excluding hydrogens is 216 g/mol. The Bertz CT molecular complexity index is 418. The van der Waals surface area contributed by atoms with Crippen LogP contribution >= 0.6 is 0 Å². The van der Waals surface area contributed by atoms with E-state index in [1.54, 1.807) is 0 Å². The van der Waals surface area contributed by atoms with Crippen LogP contribution in [0.3, 0.4) is 0 Å². The summed E-state index contributed by atoms with van der Waals surface area (Å²) >= 11 is 0. The van der Waals surface area contributed by atoms with Crippen LogP contribution in [0.15, 0.2) is 18.2 Å². The smallest absolute Gasteiger partial charge is 0.227 e. The minimum absolute atomic E-state index is 0.0159. The topological polar surface area (TPSA) is 50.4 Å². The van der Waals surface area contributed by atoms with E-state index >= 15 is 0 Å². The van der Waals surface area contributed by atoms with Crippen LogP contribution in [-0.2, 0) is 4.79 Å². The van der Waals surface area contributed by atoms with E-state index in [9.17, 15) is 4.79 Å². The number of benzene rings is 1. The number of hydrogen-bond acceptors (Lipinski definition) is 3. The van der Waals surface area contributed by atoms with Crippen molar-refractivity contribution in [3.05, 3.63) is 23.8 Å². The van der Waals surface area contributed by atoms with Crippen LogP contribution in [0, 0.1) is 0 Å². The number of nitrogens with one attached hydrogen (secondary N) is 2. The van der Waals surface area contributed by atoms with Crippen LogP contribution in [0.4, 0.5) is 5.69 Å². The first-order valence-corrected chi connectivity index (χ1v) is 5.92. The molecule has 0 bridgehead atoms. The van der Waals surface area contributed by atoms with Crippen molar-refractivity contribution in [1.82, 2.24) is 5.32 Å². The largest absolute Gasteiger partial charge is 0.491 e. The van der Waals surface area contributed by atoms with E-state index in [1.165, 1.54) is 5.56 Å². The van der Waals surface area contributed by atoms with E-state index in [-0.39, 0.29) is 5.91 Å². The first-order valence-electron chi connectivity index (χ1n) is 5.92. The molecule has 0 saturated carbocycles. The van der Waals surface area contributed by atoms with Crippen molar-refractivity contribution in [2.75, 3.05) is 25.5 Å². The first kappa shape index (κ1) is 11.9. The van der Waals surface area contributed by atoms with Gasteiger partial charge in [-0.2, -0.15) is 0 Å². The van der Waals surface area contributed by atoms with Crippen molar-refractivity contribution in [2.45, 2.75) is 19.3 Å². The third kappa shape index (κ3) is 2.77. The molecule has 0 aliphatic carbocycles. The number of fused-ring (bicyclic) bond motifs is 1. The predicted molar refractivity (Wildman–Crippen MR) is 67.5 cm³/mol. The maximum absolute atomic E-state index is 11.4. The number of carbonyl (C=O) groups excluding carboxylic acids is 1. The molecule has 4 heteroatoms. The number of likely N-dealkylation sites (N-methyl/N-ethyl adjacent to an activating group) is 1. The van der Waals surface area contributed by atoms with Gasteiger partial charge in [-0.15, -0.1) is 0 Å². The normalized spacial score (nSPS) is 16.5. The number of amides is 1. The summed E-state index contributed by atoms with van der Waals surface area (Å²) in [6.07, 6.45) is 0.413. The molecule has 1 aromatic carbocycles. The molecule has 92 valence electrons. The fourth-order valence-corrected chi connectivity index (χ4v) is 1.97. The predicted octanol–water partition coefficient (Wildman–Crippen LogP) is 1.73. The molecule has 1 unspecified atom stereocenters. The first-order chi connectivity index (χ1) is 8.20. The maximum atomic E-state index is 11.4. The molecule has 1 aromatic rings. The summed E-state index contributed by atoms with van der Waals surface area (Å²) in [5.74, 6) is 1.18. The molecule has 0 aromatic heterocycles. The van der Waals surface area contributed by atoms with Crippen LogP contribution in [-0.4, -0.2) is 26.1 Å². The summed E-state index contributed by atoms with van der Waals surface area (Å²) < 4.78 is 5.51. The number of carbonyl (C=O) groups is 1. The van der Waals surface area contributed by atoms with Gasteiger partial charge in [0.15, 0.2) is 0 Å². The van der Waals surface area contributed by atoms with Crippen molar-refractivity contribution in [2.24, 2.45) is 0 Å². The second-order valence-electron chi connectivity index (χ2n) is 4.36. The lowest BCUT2D eigenvalue weighted by atomic mass is 10.0. The Labute approximate surface area is 101 Å². The second-order valence-corrected chi connectivity index (χ2v) is 4.36. The molecule has 1 atom stereocenters. The maximum Gasteiger partial charge on any atom is 0.227 e. The Morgan fingerprint density at radius 1 is 1.53 bits per heavy atom. The highest BCUT2D eigenvalue weighted by Crippen LogP contribution is 2.30. The molecule has 1 heterocycles. The number of anilines is 1. The molecule has 1 aliphatic rings. The molecule has 1 aliphatic heterocycles. The lowest BCUT2D eigenvalue weighted by molar-refractivity contribution is -0.116. The Morgan fingerprint density at radius 2 is 2.35 bits per heavy atom. The lowest BCUT2D eigenvalue weighted by Crippen LogP contribution is -2.15. The van der Waals surface area contributed by atoms with Crippen LogP contribution in [0.2, 0.25) is 0 Å². The number of rotatable bonds is 3. The lowest BCUT2D eigenvalue weighted by Gasteiger charge is -2.14. The standard InChI is InChI=1S/C13H18N2O2/c1-9(8-14-2)10-3-4-12-11(7-10)15-13(16)5-6-17-12/h3-4,7,9,14H,5-6,8H2,1-2H3,(H,15,16). The summed E-state index contributed by atoms with van der Waals surface area (Å²) in [7, 11) is 1.94. The zero-order chi connectivity index (χ0) is 12.3. The molecule has 0 saturated heterocycles. The van der Waals surface area contributed by atoms with Crippen LogP contribution < -0.4 is 15.4 Å². The van der Waals surface area contributed by atoms with Crippen LogP contribution in [0.25, 0.3) is 0 Å². The third-order valence-electron chi connectivity index (χ3n) is 2.94. The summed E-state index contributed by atoms with van der Waals surface area (Å²) in [5, 5.41) is 6.02. The summed E-state index contributed by atoms with van der Waals surface area (Å²) in [4.78, 5) is 11.4. The molecule has 17 heavy (non-hydrogen) atoms. The van der Waals surface area contributed by atoms with Gasteiger partial charge in [-0.05, 0) is 30.7 Å². The summed E-state index contributed by atoms with van der Waals surface area (Å²) in [5.41, 5.74) is 1.98. The van der Waals surface area contributed by atoms with E-state index in [4.69, 9.17) is 4.74 Å². The van der Waals surface area contributed by atoms with Gasteiger partial charge in [-0.3, -0.25) is 4.79 Å². The average molecular weight is 234 g/mol. The Balaban J connectivity index is 2.25. The quantitative estimate of drug-likeness (QED) is 0.837. The summed E-state index contributed by atoms with van der Waals surface area (Å²) in [6, 6.07) is 5.99. The number of hydrogen-bond donors (Lipinski definition) is 2. The highest BCUT2D eigenvalue weighted by molar-refractivity contribution is 5.93. The van der Waals surface area contributed by atoms with Gasteiger partial charge in [0.05, 0.1) is 18.7 Å². The highest BCUT2D eigenvalue weighted by Gasteiger charge is 2.15. The molecule has 1 amide bonds. The molecule has 4 nitrogen and oxygen atoms in total. The van der Waals surface area contributed by atoms with Gasteiger partial charge in [0.25, 0.3) is 0 Å². The van der Waals surface area contributed by atoms with Crippen molar-refractivity contribution < 1.29 is 9.53 Å². The number of ether oxygens (including phenoxy) is 1. The van der Waals surface area contributed by atoms with Gasteiger partial charge < -0.3 is 15.4 Å².